The van der Waals surface area contributed by atoms with Crippen LogP contribution in [0.4, 0.5) is 4.39 Å². The first kappa shape index (κ1) is 14.3. The molecule has 0 radical (unpaired) electrons. The van der Waals surface area contributed by atoms with E-state index in [1.807, 2.05) is 0 Å². The highest BCUT2D eigenvalue weighted by molar-refractivity contribution is 5.31. The van der Waals surface area contributed by atoms with Crippen molar-refractivity contribution in [2.45, 2.75) is 19.6 Å². The maximum Gasteiger partial charge on any atom is 0.219 e. The van der Waals surface area contributed by atoms with E-state index in [4.69, 9.17) is 9.47 Å². The van der Waals surface area contributed by atoms with Gasteiger partial charge in [0, 0.05) is 6.20 Å². The van der Waals surface area contributed by atoms with Gasteiger partial charge in [0.25, 0.3) is 0 Å². The third kappa shape index (κ3) is 3.24. The predicted octanol–water partition coefficient (Wildman–Crippen LogP) is 2.86. The normalized spacial score (nSPS) is 12.0. The minimum Gasteiger partial charge on any atom is -0.486 e. The molecule has 20 heavy (non-hydrogen) atoms. The smallest absolute Gasteiger partial charge is 0.219 e. The lowest BCUT2D eigenvalue weighted by atomic mass is 10.1. The Hall–Kier alpha value is -2.14. The molecule has 0 bridgehead atoms. The maximum absolute atomic E-state index is 13.8. The van der Waals surface area contributed by atoms with Crippen molar-refractivity contribution in [3.05, 3.63) is 53.5 Å². The van der Waals surface area contributed by atoms with Crippen molar-refractivity contribution in [2.75, 3.05) is 7.11 Å². The van der Waals surface area contributed by atoms with Crippen LogP contribution in [0.2, 0.25) is 0 Å². The van der Waals surface area contributed by atoms with Crippen LogP contribution >= 0.6 is 0 Å². The summed E-state index contributed by atoms with van der Waals surface area (Å²) in [5, 5.41) is 9.38. The summed E-state index contributed by atoms with van der Waals surface area (Å²) in [5.41, 5.74) is 1.24. The molecule has 1 aromatic carbocycles. The standard InChI is InChI=1S/C15H16FNO3/c1-10(18)11-5-6-14(13(16)8-11)20-9-12-4-3-7-17-15(12)19-2/h3-8,10,18H,9H2,1-2H3/t10-/m0/s1. The monoisotopic (exact) mass is 277 g/mol. The Bertz CT molecular complexity index is 587. The highest BCUT2D eigenvalue weighted by Crippen LogP contribution is 2.24. The molecular weight excluding hydrogens is 261 g/mol. The first-order valence-corrected chi connectivity index (χ1v) is 6.20. The molecule has 1 N–H and O–H groups in total. The molecule has 2 rings (SSSR count). The Kier molecular flexibility index (Phi) is 4.53. The molecule has 4 nitrogen and oxygen atoms in total. The zero-order valence-electron chi connectivity index (χ0n) is 11.3. The van der Waals surface area contributed by atoms with Gasteiger partial charge in [0.1, 0.15) is 6.61 Å². The number of aliphatic hydroxyl groups excluding tert-OH is 1. The molecule has 0 aliphatic rings. The number of hydrogen-bond acceptors (Lipinski definition) is 4. The van der Waals surface area contributed by atoms with Crippen molar-refractivity contribution in [3.8, 4) is 11.6 Å². The van der Waals surface area contributed by atoms with Crippen LogP contribution in [0, 0.1) is 5.82 Å². The van der Waals surface area contributed by atoms with Crippen LogP contribution in [0.25, 0.3) is 0 Å². The number of methoxy groups -OCH3 is 1. The molecule has 1 aromatic heterocycles. The third-order valence-electron chi connectivity index (χ3n) is 2.86. The molecule has 0 aliphatic heterocycles. The second kappa shape index (κ2) is 6.34. The second-order valence-electron chi connectivity index (χ2n) is 4.33. The predicted molar refractivity (Wildman–Crippen MR) is 72.2 cm³/mol. The molecule has 0 amide bonds. The van der Waals surface area contributed by atoms with Gasteiger partial charge in [-0.1, -0.05) is 6.07 Å². The van der Waals surface area contributed by atoms with Crippen LogP contribution in [-0.2, 0) is 6.61 Å². The zero-order chi connectivity index (χ0) is 14.5. The number of hydrogen-bond donors (Lipinski definition) is 1. The molecule has 2 aromatic rings. The van der Waals surface area contributed by atoms with Gasteiger partial charge in [0.05, 0.1) is 18.8 Å². The minimum atomic E-state index is -0.711. The number of rotatable bonds is 5. The van der Waals surface area contributed by atoms with Crippen molar-refractivity contribution >= 4 is 0 Å². The summed E-state index contributed by atoms with van der Waals surface area (Å²) in [6.45, 7) is 1.73. The molecule has 0 unspecified atom stereocenters. The van der Waals surface area contributed by atoms with E-state index in [0.717, 1.165) is 5.56 Å². The third-order valence-corrected chi connectivity index (χ3v) is 2.86. The lowest BCUT2D eigenvalue weighted by Crippen LogP contribution is -2.02. The van der Waals surface area contributed by atoms with Gasteiger partial charge < -0.3 is 14.6 Å². The van der Waals surface area contributed by atoms with Crippen LogP contribution in [0.5, 0.6) is 11.6 Å². The average Bonchev–Trinajstić information content (AvgIpc) is 2.46. The van der Waals surface area contributed by atoms with E-state index >= 15 is 0 Å². The first-order chi connectivity index (χ1) is 9.61. The van der Waals surface area contributed by atoms with Gasteiger partial charge >= 0.3 is 0 Å². The fraction of sp³-hybridized carbons (Fsp3) is 0.267. The minimum absolute atomic E-state index is 0.125. The zero-order valence-corrected chi connectivity index (χ0v) is 11.3. The van der Waals surface area contributed by atoms with Gasteiger partial charge in [-0.3, -0.25) is 0 Å². The van der Waals surface area contributed by atoms with Crippen molar-refractivity contribution in [2.24, 2.45) is 0 Å². The summed E-state index contributed by atoms with van der Waals surface area (Å²) in [7, 11) is 1.52. The maximum atomic E-state index is 13.8. The molecule has 1 heterocycles. The Morgan fingerprint density at radius 2 is 2.15 bits per heavy atom. The molecular formula is C15H16FNO3. The number of ether oxygens (including phenoxy) is 2. The molecule has 0 saturated heterocycles. The molecule has 0 aliphatic carbocycles. The van der Waals surface area contributed by atoms with Crippen LogP contribution in [0.1, 0.15) is 24.2 Å². The molecule has 0 saturated carbocycles. The first-order valence-electron chi connectivity index (χ1n) is 6.20. The molecule has 5 heteroatoms. The second-order valence-corrected chi connectivity index (χ2v) is 4.33. The van der Waals surface area contributed by atoms with Gasteiger partial charge in [0.2, 0.25) is 5.88 Å². The molecule has 0 spiro atoms. The number of aliphatic hydroxyl groups is 1. The highest BCUT2D eigenvalue weighted by Gasteiger charge is 2.10. The van der Waals surface area contributed by atoms with Gasteiger partial charge in [-0.15, -0.1) is 0 Å². The number of benzene rings is 1. The SMILES string of the molecule is COc1ncccc1COc1ccc([C@H](C)O)cc1F. The average molecular weight is 277 g/mol. The summed E-state index contributed by atoms with van der Waals surface area (Å²) in [6, 6.07) is 7.95. The van der Waals surface area contributed by atoms with E-state index < -0.39 is 11.9 Å². The van der Waals surface area contributed by atoms with Crippen LogP contribution in [0.15, 0.2) is 36.5 Å². The van der Waals surface area contributed by atoms with E-state index in [9.17, 15) is 9.50 Å². The largest absolute Gasteiger partial charge is 0.486 e. The quantitative estimate of drug-likeness (QED) is 0.913. The van der Waals surface area contributed by atoms with Crippen molar-refractivity contribution in [3.63, 3.8) is 0 Å². The Labute approximate surface area is 116 Å². The van der Waals surface area contributed by atoms with Crippen LogP contribution < -0.4 is 9.47 Å². The fourth-order valence-corrected chi connectivity index (χ4v) is 1.77. The van der Waals surface area contributed by atoms with Gasteiger partial charge in [-0.05, 0) is 36.8 Å². The molecule has 1 atom stereocenters. The van der Waals surface area contributed by atoms with Crippen molar-refractivity contribution < 1.29 is 19.0 Å². The number of pyridine rings is 1. The Balaban J connectivity index is 2.11. The molecule has 106 valence electrons. The van der Waals surface area contributed by atoms with Gasteiger partial charge in [-0.2, -0.15) is 0 Å². The lowest BCUT2D eigenvalue weighted by Gasteiger charge is -2.11. The summed E-state index contributed by atoms with van der Waals surface area (Å²) in [6.07, 6.45) is 0.900. The summed E-state index contributed by atoms with van der Waals surface area (Å²) in [5.74, 6) is 0.0695. The summed E-state index contributed by atoms with van der Waals surface area (Å²) in [4.78, 5) is 4.04. The van der Waals surface area contributed by atoms with Gasteiger partial charge in [0.15, 0.2) is 11.6 Å². The highest BCUT2D eigenvalue weighted by atomic mass is 19.1. The summed E-state index contributed by atoms with van der Waals surface area (Å²) >= 11 is 0. The number of aromatic nitrogens is 1. The van der Waals surface area contributed by atoms with Crippen LogP contribution in [0.3, 0.4) is 0 Å². The topological polar surface area (TPSA) is 51.6 Å². The van der Waals surface area contributed by atoms with E-state index in [0.29, 0.717) is 11.4 Å². The van der Waals surface area contributed by atoms with E-state index in [1.165, 1.54) is 19.2 Å². The van der Waals surface area contributed by atoms with Crippen LogP contribution in [-0.4, -0.2) is 17.2 Å². The lowest BCUT2D eigenvalue weighted by molar-refractivity contribution is 0.198. The summed E-state index contributed by atoms with van der Waals surface area (Å²) < 4.78 is 24.3. The number of nitrogens with zero attached hydrogens (tertiary/aromatic N) is 1. The van der Waals surface area contributed by atoms with Crippen molar-refractivity contribution in [1.82, 2.24) is 4.98 Å². The Morgan fingerprint density at radius 1 is 1.35 bits per heavy atom. The Morgan fingerprint density at radius 3 is 2.80 bits per heavy atom. The van der Waals surface area contributed by atoms with E-state index in [-0.39, 0.29) is 12.4 Å². The van der Waals surface area contributed by atoms with Crippen molar-refractivity contribution in [1.29, 1.82) is 0 Å². The number of halogens is 1. The molecule has 0 fully saturated rings. The van der Waals surface area contributed by atoms with E-state index in [2.05, 4.69) is 4.98 Å². The van der Waals surface area contributed by atoms with E-state index in [1.54, 1.807) is 31.3 Å². The van der Waals surface area contributed by atoms with Gasteiger partial charge in [-0.25, -0.2) is 9.37 Å². The fourth-order valence-electron chi connectivity index (χ4n) is 1.77.